The van der Waals surface area contributed by atoms with Gasteiger partial charge in [0.1, 0.15) is 23.8 Å². The summed E-state index contributed by atoms with van der Waals surface area (Å²) < 4.78 is 10.8. The van der Waals surface area contributed by atoms with Crippen molar-refractivity contribution in [3.05, 3.63) is 23.5 Å². The first-order valence-electron chi connectivity index (χ1n) is 9.71. The average molecular weight is 418 g/mol. The van der Waals surface area contributed by atoms with Gasteiger partial charge in [-0.25, -0.2) is 0 Å². The number of methoxy groups -OCH3 is 1. The van der Waals surface area contributed by atoms with E-state index in [1.807, 2.05) is 19.9 Å². The Bertz CT molecular complexity index is 794. The van der Waals surface area contributed by atoms with Crippen LogP contribution in [0.1, 0.15) is 44.5 Å². The molecule has 1 heterocycles. The first-order chi connectivity index (χ1) is 14.1. The summed E-state index contributed by atoms with van der Waals surface area (Å²) in [5, 5.41) is 11.3. The largest absolute Gasteiger partial charge is 0.486 e. The minimum Gasteiger partial charge on any atom is -0.486 e. The van der Waals surface area contributed by atoms with E-state index in [4.69, 9.17) is 20.5 Å². The van der Waals surface area contributed by atoms with Crippen molar-refractivity contribution in [1.29, 1.82) is 5.26 Å². The van der Waals surface area contributed by atoms with E-state index in [1.165, 1.54) is 7.11 Å². The van der Waals surface area contributed by atoms with Crippen LogP contribution >= 0.6 is 0 Å². The number of nitriles is 1. The maximum atomic E-state index is 12.8. The number of aliphatic imine (C=N–C) groups is 1. The Balaban J connectivity index is 2.79. The van der Waals surface area contributed by atoms with Gasteiger partial charge in [-0.05, 0) is 40.5 Å². The molecule has 0 aliphatic heterocycles. The number of nitrogens with two attached hydrogens (primary N) is 1. The van der Waals surface area contributed by atoms with Gasteiger partial charge in [-0.15, -0.1) is 0 Å². The number of carbonyl (C=O) groups excluding carboxylic acids is 2. The maximum Gasteiger partial charge on any atom is 0.252 e. The fourth-order valence-electron chi connectivity index (χ4n) is 2.53. The highest BCUT2D eigenvalue weighted by Crippen LogP contribution is 2.14. The molecule has 0 aliphatic rings. The molecule has 0 bridgehead atoms. The third-order valence-electron chi connectivity index (χ3n) is 4.41. The van der Waals surface area contributed by atoms with Crippen molar-refractivity contribution < 1.29 is 19.1 Å². The second-order valence-electron chi connectivity index (χ2n) is 7.43. The Labute approximate surface area is 177 Å². The standard InChI is InChI=1S/C21H31N5O4/c1-14-11-16(12-15(2)25-14)30-13-18(27)17(26-20(28)21(3,4)29-5)7-6-10-24-19(23)8-9-22/h11-12,17H,6-8,10,13H2,1-5H3,(H2,23,24)(H,26,28). The van der Waals surface area contributed by atoms with Gasteiger partial charge in [-0.2, -0.15) is 5.26 Å². The first kappa shape index (κ1) is 25.0. The van der Waals surface area contributed by atoms with Gasteiger partial charge in [0.15, 0.2) is 5.78 Å². The normalized spacial score (nSPS) is 12.7. The Morgan fingerprint density at radius 3 is 2.53 bits per heavy atom. The van der Waals surface area contributed by atoms with E-state index >= 15 is 0 Å². The number of carbonyl (C=O) groups is 2. The third kappa shape index (κ3) is 8.57. The van der Waals surface area contributed by atoms with Crippen LogP contribution in [0.5, 0.6) is 5.75 Å². The lowest BCUT2D eigenvalue weighted by Gasteiger charge is -2.25. The molecule has 1 amide bonds. The zero-order valence-electron chi connectivity index (χ0n) is 18.3. The Morgan fingerprint density at radius 2 is 1.97 bits per heavy atom. The molecular weight excluding hydrogens is 386 g/mol. The van der Waals surface area contributed by atoms with Crippen molar-refractivity contribution in [2.75, 3.05) is 20.3 Å². The van der Waals surface area contributed by atoms with Gasteiger partial charge in [-0.1, -0.05) is 0 Å². The van der Waals surface area contributed by atoms with Crippen LogP contribution < -0.4 is 15.8 Å². The predicted octanol–water partition coefficient (Wildman–Crippen LogP) is 1.61. The summed E-state index contributed by atoms with van der Waals surface area (Å²) in [4.78, 5) is 33.6. The highest BCUT2D eigenvalue weighted by molar-refractivity contribution is 5.92. The summed E-state index contributed by atoms with van der Waals surface area (Å²) in [6.45, 7) is 7.09. The number of ketones is 1. The number of pyridine rings is 1. The van der Waals surface area contributed by atoms with E-state index in [1.54, 1.807) is 26.0 Å². The number of amidine groups is 1. The molecule has 1 aromatic heterocycles. The molecule has 0 aliphatic carbocycles. The Morgan fingerprint density at radius 1 is 1.33 bits per heavy atom. The van der Waals surface area contributed by atoms with Gasteiger partial charge in [0.25, 0.3) is 5.91 Å². The summed E-state index contributed by atoms with van der Waals surface area (Å²) in [6.07, 6.45) is 0.912. The van der Waals surface area contributed by atoms with Crippen molar-refractivity contribution in [2.45, 2.75) is 58.6 Å². The van der Waals surface area contributed by atoms with Crippen molar-refractivity contribution in [3.8, 4) is 11.8 Å². The molecule has 3 N–H and O–H groups in total. The van der Waals surface area contributed by atoms with Crippen LogP contribution in [0.2, 0.25) is 0 Å². The minimum absolute atomic E-state index is 0.0553. The van der Waals surface area contributed by atoms with Crippen LogP contribution in [0.25, 0.3) is 0 Å². The predicted molar refractivity (Wildman–Crippen MR) is 113 cm³/mol. The molecule has 9 nitrogen and oxygen atoms in total. The van der Waals surface area contributed by atoms with Gasteiger partial charge < -0.3 is 20.5 Å². The number of Topliss-reactive ketones (excluding diaryl/α,β-unsaturated/α-hetero) is 1. The van der Waals surface area contributed by atoms with Gasteiger partial charge in [0.2, 0.25) is 0 Å². The number of nitrogens with one attached hydrogen (secondary N) is 1. The van der Waals surface area contributed by atoms with E-state index < -0.39 is 17.6 Å². The monoisotopic (exact) mass is 417 g/mol. The van der Waals surface area contributed by atoms with Crippen LogP contribution in [0, 0.1) is 25.2 Å². The van der Waals surface area contributed by atoms with Crippen LogP contribution in [0.15, 0.2) is 17.1 Å². The van der Waals surface area contributed by atoms with Crippen molar-refractivity contribution in [3.63, 3.8) is 0 Å². The van der Waals surface area contributed by atoms with E-state index in [0.717, 1.165) is 11.4 Å². The van der Waals surface area contributed by atoms with E-state index in [2.05, 4.69) is 15.3 Å². The number of nitrogens with zero attached hydrogens (tertiary/aromatic N) is 3. The zero-order valence-corrected chi connectivity index (χ0v) is 18.3. The number of aromatic nitrogens is 1. The molecule has 30 heavy (non-hydrogen) atoms. The van der Waals surface area contributed by atoms with Gasteiger partial charge in [0.05, 0.1) is 18.5 Å². The van der Waals surface area contributed by atoms with Gasteiger partial charge >= 0.3 is 0 Å². The summed E-state index contributed by atoms with van der Waals surface area (Å²) in [5.41, 5.74) is 6.10. The van der Waals surface area contributed by atoms with Gasteiger partial charge in [0, 0.05) is 37.2 Å². The van der Waals surface area contributed by atoms with Crippen molar-refractivity contribution in [2.24, 2.45) is 10.7 Å². The molecule has 1 atom stereocenters. The molecule has 0 radical (unpaired) electrons. The van der Waals surface area contributed by atoms with Crippen LogP contribution in [0.4, 0.5) is 0 Å². The fourth-order valence-corrected chi connectivity index (χ4v) is 2.53. The number of hydrogen-bond donors (Lipinski definition) is 2. The first-order valence-corrected chi connectivity index (χ1v) is 9.71. The summed E-state index contributed by atoms with van der Waals surface area (Å²) in [6, 6.07) is 4.65. The van der Waals surface area contributed by atoms with Crippen LogP contribution in [-0.2, 0) is 14.3 Å². The maximum absolute atomic E-state index is 12.8. The number of ether oxygens (including phenoxy) is 2. The van der Waals surface area contributed by atoms with E-state index in [-0.39, 0.29) is 24.6 Å². The zero-order chi connectivity index (χ0) is 22.7. The second-order valence-corrected chi connectivity index (χ2v) is 7.43. The second kappa shape index (κ2) is 11.9. The smallest absolute Gasteiger partial charge is 0.252 e. The average Bonchev–Trinajstić information content (AvgIpc) is 2.67. The number of hydrogen-bond acceptors (Lipinski definition) is 7. The molecule has 1 aromatic rings. The molecule has 0 fully saturated rings. The summed E-state index contributed by atoms with van der Waals surface area (Å²) >= 11 is 0. The lowest BCUT2D eigenvalue weighted by Crippen LogP contribution is -2.51. The third-order valence-corrected chi connectivity index (χ3v) is 4.41. The van der Waals surface area contributed by atoms with Crippen LogP contribution in [0.3, 0.4) is 0 Å². The number of rotatable bonds is 12. The lowest BCUT2D eigenvalue weighted by atomic mass is 10.0. The fraction of sp³-hybridized carbons (Fsp3) is 0.571. The summed E-state index contributed by atoms with van der Waals surface area (Å²) in [5.74, 6) is 0.129. The lowest BCUT2D eigenvalue weighted by molar-refractivity contribution is -0.142. The topological polar surface area (TPSA) is 140 Å². The van der Waals surface area contributed by atoms with E-state index in [9.17, 15) is 9.59 Å². The van der Waals surface area contributed by atoms with Crippen molar-refractivity contribution in [1.82, 2.24) is 10.3 Å². The number of aryl methyl sites for hydroxylation is 2. The van der Waals surface area contributed by atoms with Crippen LogP contribution in [-0.4, -0.2) is 54.4 Å². The molecule has 1 unspecified atom stereocenters. The molecule has 164 valence electrons. The molecule has 0 spiro atoms. The van der Waals surface area contributed by atoms with E-state index in [0.29, 0.717) is 25.1 Å². The molecule has 0 aromatic carbocycles. The van der Waals surface area contributed by atoms with Crippen molar-refractivity contribution >= 4 is 17.5 Å². The Hall–Kier alpha value is -2.99. The molecular formula is C21H31N5O4. The summed E-state index contributed by atoms with van der Waals surface area (Å²) in [7, 11) is 1.43. The molecule has 9 heteroatoms. The SMILES string of the molecule is COC(C)(C)C(=O)NC(CCCN=C(N)CC#N)C(=O)COc1cc(C)nc(C)c1. The Kier molecular flexibility index (Phi) is 9.92. The highest BCUT2D eigenvalue weighted by Gasteiger charge is 2.31. The quantitative estimate of drug-likeness (QED) is 0.299. The number of amides is 1. The highest BCUT2D eigenvalue weighted by atomic mass is 16.5. The van der Waals surface area contributed by atoms with Gasteiger partial charge in [-0.3, -0.25) is 19.6 Å². The minimum atomic E-state index is -1.08. The molecule has 1 rings (SSSR count). The molecule has 0 saturated carbocycles. The molecule has 0 saturated heterocycles.